The third-order valence-electron chi connectivity index (χ3n) is 5.90. The van der Waals surface area contributed by atoms with Crippen molar-refractivity contribution in [2.75, 3.05) is 17.2 Å². The van der Waals surface area contributed by atoms with Gasteiger partial charge in [0, 0.05) is 47.0 Å². The number of pyridine rings is 1. The van der Waals surface area contributed by atoms with Gasteiger partial charge in [-0.3, -0.25) is 19.5 Å². The van der Waals surface area contributed by atoms with Gasteiger partial charge in [-0.2, -0.15) is 0 Å². The highest BCUT2D eigenvalue weighted by molar-refractivity contribution is 6.11. The van der Waals surface area contributed by atoms with Gasteiger partial charge in [0.1, 0.15) is 6.54 Å². The summed E-state index contributed by atoms with van der Waals surface area (Å²) in [5, 5.41) is 6.29. The average molecular weight is 461 g/mol. The molecule has 0 fully saturated rings. The third kappa shape index (κ3) is 4.82. The molecule has 6 heteroatoms. The Labute approximate surface area is 203 Å². The normalized spacial score (nSPS) is 12.4. The highest BCUT2D eigenvalue weighted by Gasteiger charge is 2.31. The second-order valence-electron chi connectivity index (χ2n) is 8.31. The fourth-order valence-corrected chi connectivity index (χ4v) is 4.12. The summed E-state index contributed by atoms with van der Waals surface area (Å²) in [4.78, 5) is 31.2. The van der Waals surface area contributed by atoms with Gasteiger partial charge < -0.3 is 10.6 Å². The molecular weight excluding hydrogens is 436 g/mol. The minimum atomic E-state index is -0.291. The second-order valence-corrected chi connectivity index (χ2v) is 8.31. The molecule has 1 aliphatic heterocycles. The average Bonchev–Trinajstić information content (AvgIpc) is 3.13. The van der Waals surface area contributed by atoms with Crippen LogP contribution in [-0.2, 0) is 11.3 Å². The van der Waals surface area contributed by atoms with E-state index < -0.39 is 0 Å². The smallest absolute Gasteiger partial charge is 0.259 e. The van der Waals surface area contributed by atoms with E-state index in [1.165, 1.54) is 10.5 Å². The number of aromatic nitrogens is 1. The fraction of sp³-hybridized carbons (Fsp3) is 0.0690. The molecule has 0 bridgehead atoms. The van der Waals surface area contributed by atoms with Crippen LogP contribution in [0.25, 0.3) is 16.8 Å². The number of benzene rings is 3. The van der Waals surface area contributed by atoms with E-state index in [4.69, 9.17) is 0 Å². The zero-order valence-corrected chi connectivity index (χ0v) is 19.1. The van der Waals surface area contributed by atoms with Gasteiger partial charge >= 0.3 is 0 Å². The predicted octanol–water partition coefficient (Wildman–Crippen LogP) is 5.43. The van der Waals surface area contributed by atoms with E-state index >= 15 is 0 Å². The van der Waals surface area contributed by atoms with Gasteiger partial charge in [-0.15, -0.1) is 0 Å². The van der Waals surface area contributed by atoms with E-state index in [1.807, 2.05) is 60.7 Å². The first-order chi connectivity index (χ1) is 17.1. The molecule has 5 rings (SSSR count). The number of carbonyl (C=O) groups is 2. The number of nitrogens with zero attached hydrogens (tertiary/aromatic N) is 2. The van der Waals surface area contributed by atoms with Crippen LogP contribution in [0.4, 0.5) is 11.4 Å². The van der Waals surface area contributed by atoms with Crippen molar-refractivity contribution in [2.24, 2.45) is 0 Å². The Balaban J connectivity index is 1.25. The van der Waals surface area contributed by atoms with E-state index in [1.54, 1.807) is 24.5 Å². The van der Waals surface area contributed by atoms with E-state index in [0.717, 1.165) is 22.4 Å². The number of nitrogens with one attached hydrogen (secondary N) is 2. The van der Waals surface area contributed by atoms with Crippen molar-refractivity contribution < 1.29 is 9.59 Å². The Morgan fingerprint density at radius 3 is 2.37 bits per heavy atom. The highest BCUT2D eigenvalue weighted by Crippen LogP contribution is 2.31. The van der Waals surface area contributed by atoms with Gasteiger partial charge in [0.05, 0.1) is 5.69 Å². The largest absolute Gasteiger partial charge is 0.380 e. The second kappa shape index (κ2) is 9.65. The lowest BCUT2D eigenvalue weighted by Crippen LogP contribution is -2.32. The van der Waals surface area contributed by atoms with Crippen molar-refractivity contribution in [3.63, 3.8) is 0 Å². The summed E-state index contributed by atoms with van der Waals surface area (Å²) < 4.78 is 0. The molecule has 0 radical (unpaired) electrons. The molecule has 35 heavy (non-hydrogen) atoms. The Morgan fingerprint density at radius 1 is 0.829 bits per heavy atom. The van der Waals surface area contributed by atoms with E-state index in [0.29, 0.717) is 23.5 Å². The molecule has 0 aliphatic carbocycles. The van der Waals surface area contributed by atoms with Crippen LogP contribution in [0.1, 0.15) is 21.5 Å². The Bertz CT molecular complexity index is 1380. The first kappa shape index (κ1) is 22.1. The summed E-state index contributed by atoms with van der Waals surface area (Å²) in [5.74, 6) is -0.499. The van der Waals surface area contributed by atoms with Crippen molar-refractivity contribution in [1.29, 1.82) is 0 Å². The standard InChI is InChI=1S/C29H24N4O2/c1-20-26-12-5-6-13-27(26)29(35)33(20)19-28(34)32-24-11-7-10-22(14-24)23-15-25(18-30-17-23)31-16-21-8-3-2-4-9-21/h2-15,17-18,31H,1,16,19H2,(H,32,34). The Hall–Kier alpha value is -4.71. The van der Waals surface area contributed by atoms with E-state index in [9.17, 15) is 9.59 Å². The molecule has 2 N–H and O–H groups in total. The van der Waals surface area contributed by atoms with Crippen molar-refractivity contribution in [3.8, 4) is 11.1 Å². The zero-order valence-electron chi connectivity index (χ0n) is 19.1. The highest BCUT2D eigenvalue weighted by atomic mass is 16.2. The lowest BCUT2D eigenvalue weighted by atomic mass is 10.1. The zero-order chi connectivity index (χ0) is 24.2. The summed E-state index contributed by atoms with van der Waals surface area (Å²) in [5.41, 5.74) is 6.47. The molecule has 172 valence electrons. The first-order valence-corrected chi connectivity index (χ1v) is 11.3. The molecule has 4 aromatic rings. The van der Waals surface area contributed by atoms with Crippen LogP contribution in [0, 0.1) is 0 Å². The number of amides is 2. The molecule has 1 aromatic heterocycles. The van der Waals surface area contributed by atoms with Gasteiger partial charge in [-0.05, 0) is 35.4 Å². The van der Waals surface area contributed by atoms with E-state index in [-0.39, 0.29) is 18.4 Å². The maximum absolute atomic E-state index is 12.8. The molecular formula is C29H24N4O2. The molecule has 0 spiro atoms. The number of hydrogen-bond acceptors (Lipinski definition) is 4. The van der Waals surface area contributed by atoms with Crippen molar-refractivity contribution in [2.45, 2.75) is 6.54 Å². The number of hydrogen-bond donors (Lipinski definition) is 2. The number of anilines is 2. The van der Waals surface area contributed by atoms with Gasteiger partial charge in [0.2, 0.25) is 5.91 Å². The summed E-state index contributed by atoms with van der Waals surface area (Å²) in [6.07, 6.45) is 3.58. The monoisotopic (exact) mass is 460 g/mol. The van der Waals surface area contributed by atoms with Gasteiger partial charge in [0.25, 0.3) is 5.91 Å². The van der Waals surface area contributed by atoms with Crippen LogP contribution in [0.3, 0.4) is 0 Å². The summed E-state index contributed by atoms with van der Waals surface area (Å²) >= 11 is 0. The third-order valence-corrected chi connectivity index (χ3v) is 5.90. The molecule has 3 aromatic carbocycles. The topological polar surface area (TPSA) is 74.3 Å². The van der Waals surface area contributed by atoms with Crippen molar-refractivity contribution >= 4 is 28.9 Å². The van der Waals surface area contributed by atoms with Crippen molar-refractivity contribution in [1.82, 2.24) is 9.88 Å². The van der Waals surface area contributed by atoms with Crippen molar-refractivity contribution in [3.05, 3.63) is 121 Å². The quantitative estimate of drug-likeness (QED) is 0.386. The number of carbonyl (C=O) groups excluding carboxylic acids is 2. The molecule has 0 unspecified atom stereocenters. The first-order valence-electron chi connectivity index (χ1n) is 11.3. The lowest BCUT2D eigenvalue weighted by molar-refractivity contribution is -0.116. The molecule has 0 atom stereocenters. The molecule has 0 saturated heterocycles. The maximum atomic E-state index is 12.8. The summed E-state index contributed by atoms with van der Waals surface area (Å²) in [6.45, 7) is 4.60. The Kier molecular flexibility index (Phi) is 6.09. The Morgan fingerprint density at radius 2 is 1.57 bits per heavy atom. The predicted molar refractivity (Wildman–Crippen MR) is 139 cm³/mol. The van der Waals surface area contributed by atoms with Crippen LogP contribution in [0.15, 0.2) is 104 Å². The maximum Gasteiger partial charge on any atom is 0.259 e. The molecule has 6 nitrogen and oxygen atoms in total. The molecule has 1 aliphatic rings. The van der Waals surface area contributed by atoms with Crippen LogP contribution < -0.4 is 10.6 Å². The number of rotatable bonds is 7. The summed E-state index contributed by atoms with van der Waals surface area (Å²) in [6, 6.07) is 27.0. The van der Waals surface area contributed by atoms with Gasteiger partial charge in [-0.1, -0.05) is 67.2 Å². The van der Waals surface area contributed by atoms with Crippen LogP contribution >= 0.6 is 0 Å². The van der Waals surface area contributed by atoms with Crippen LogP contribution in [0.2, 0.25) is 0 Å². The molecule has 2 heterocycles. The molecule has 0 saturated carbocycles. The fourth-order valence-electron chi connectivity index (χ4n) is 4.12. The lowest BCUT2D eigenvalue weighted by Gasteiger charge is -2.17. The molecule has 2 amide bonds. The van der Waals surface area contributed by atoms with Gasteiger partial charge in [0.15, 0.2) is 0 Å². The SMILES string of the molecule is C=C1c2ccccc2C(=O)N1CC(=O)Nc1cccc(-c2cncc(NCc3ccccc3)c2)c1. The van der Waals surface area contributed by atoms with Crippen LogP contribution in [0.5, 0.6) is 0 Å². The minimum absolute atomic E-state index is 0.100. The minimum Gasteiger partial charge on any atom is -0.380 e. The number of fused-ring (bicyclic) bond motifs is 1. The van der Waals surface area contributed by atoms with E-state index in [2.05, 4.69) is 34.3 Å². The van der Waals surface area contributed by atoms with Gasteiger partial charge in [-0.25, -0.2) is 0 Å². The van der Waals surface area contributed by atoms with Crippen LogP contribution in [-0.4, -0.2) is 28.2 Å². The summed E-state index contributed by atoms with van der Waals surface area (Å²) in [7, 11) is 0.